The summed E-state index contributed by atoms with van der Waals surface area (Å²) in [5.74, 6) is -0.186. The maximum atomic E-state index is 12.5. The third-order valence-electron chi connectivity index (χ3n) is 2.93. The van der Waals surface area contributed by atoms with E-state index < -0.39 is 28.0 Å². The summed E-state index contributed by atoms with van der Waals surface area (Å²) in [6.07, 6.45) is -2.07. The Morgan fingerprint density at radius 3 is 2.53 bits per heavy atom. The van der Waals surface area contributed by atoms with Gasteiger partial charge in [0, 0.05) is 17.8 Å². The van der Waals surface area contributed by atoms with Crippen LogP contribution in [0.3, 0.4) is 0 Å². The van der Waals surface area contributed by atoms with Crippen LogP contribution in [-0.4, -0.2) is 25.8 Å². The lowest BCUT2D eigenvalue weighted by Gasteiger charge is -2.33. The van der Waals surface area contributed by atoms with E-state index in [0.717, 1.165) is 24.6 Å². The summed E-state index contributed by atoms with van der Waals surface area (Å²) in [5, 5.41) is 0. The van der Waals surface area contributed by atoms with Gasteiger partial charge in [0.2, 0.25) is 0 Å². The molecule has 1 heterocycles. The lowest BCUT2D eigenvalue weighted by atomic mass is 9.80. The zero-order valence-electron chi connectivity index (χ0n) is 10.0. The van der Waals surface area contributed by atoms with Crippen molar-refractivity contribution in [1.29, 1.82) is 0 Å². The van der Waals surface area contributed by atoms with Crippen molar-refractivity contribution < 1.29 is 25.8 Å². The van der Waals surface area contributed by atoms with E-state index in [1.807, 2.05) is 0 Å². The van der Waals surface area contributed by atoms with E-state index in [0.29, 0.717) is 18.5 Å². The molecule has 0 saturated heterocycles. The van der Waals surface area contributed by atoms with Gasteiger partial charge in [-0.15, -0.1) is 0 Å². The third-order valence-corrected chi connectivity index (χ3v) is 3.55. The zero-order valence-corrected chi connectivity index (χ0v) is 10.8. The van der Waals surface area contributed by atoms with E-state index in [-0.39, 0.29) is 5.92 Å². The Balaban J connectivity index is 2.03. The van der Waals surface area contributed by atoms with Crippen molar-refractivity contribution in [3.8, 4) is 0 Å². The molecular formula is C11H12F3NO3S. The summed E-state index contributed by atoms with van der Waals surface area (Å²) < 4.78 is 64.1. The first-order valence-corrected chi connectivity index (χ1v) is 7.38. The van der Waals surface area contributed by atoms with Crippen LogP contribution in [0.15, 0.2) is 18.3 Å². The van der Waals surface area contributed by atoms with Gasteiger partial charge >= 0.3 is 6.18 Å². The van der Waals surface area contributed by atoms with Gasteiger partial charge in [0.25, 0.3) is 10.1 Å². The molecule has 1 saturated carbocycles. The smallest absolute Gasteiger partial charge is 0.267 e. The van der Waals surface area contributed by atoms with Crippen LogP contribution in [0.4, 0.5) is 13.2 Å². The van der Waals surface area contributed by atoms with Crippen molar-refractivity contribution >= 4 is 10.1 Å². The van der Waals surface area contributed by atoms with E-state index >= 15 is 0 Å². The van der Waals surface area contributed by atoms with Crippen molar-refractivity contribution in [3.05, 3.63) is 29.6 Å². The highest BCUT2D eigenvalue weighted by Crippen LogP contribution is 2.40. The molecule has 0 bridgehead atoms. The molecule has 4 nitrogen and oxygen atoms in total. The van der Waals surface area contributed by atoms with Gasteiger partial charge in [-0.05, 0) is 25.0 Å². The Labute approximate surface area is 108 Å². The van der Waals surface area contributed by atoms with Crippen LogP contribution in [0.25, 0.3) is 0 Å². The number of pyridine rings is 1. The summed E-state index contributed by atoms with van der Waals surface area (Å²) in [6, 6.07) is 1.91. The monoisotopic (exact) mass is 295 g/mol. The largest absolute Gasteiger partial charge is 0.416 e. The quantitative estimate of drug-likeness (QED) is 0.803. The predicted molar refractivity (Wildman–Crippen MR) is 60.9 cm³/mol. The molecule has 0 radical (unpaired) electrons. The van der Waals surface area contributed by atoms with E-state index in [9.17, 15) is 21.6 Å². The predicted octanol–water partition coefficient (Wildman–Crippen LogP) is 2.32. The van der Waals surface area contributed by atoms with Crippen molar-refractivity contribution in [3.63, 3.8) is 0 Å². The minimum atomic E-state index is -4.40. The average Bonchev–Trinajstić information content (AvgIpc) is 2.20. The van der Waals surface area contributed by atoms with Gasteiger partial charge in [0.15, 0.2) is 0 Å². The van der Waals surface area contributed by atoms with Crippen LogP contribution in [-0.2, 0) is 20.5 Å². The molecule has 0 aromatic carbocycles. The minimum Gasteiger partial charge on any atom is -0.267 e. The molecule has 1 aromatic heterocycles. The fraction of sp³-hybridized carbons (Fsp3) is 0.545. The van der Waals surface area contributed by atoms with Gasteiger partial charge in [-0.1, -0.05) is 0 Å². The molecular weight excluding hydrogens is 283 g/mol. The first kappa shape index (κ1) is 14.3. The Kier molecular flexibility index (Phi) is 3.57. The number of rotatable bonds is 3. The number of hydrogen-bond donors (Lipinski definition) is 0. The summed E-state index contributed by atoms with van der Waals surface area (Å²) in [7, 11) is -3.52. The van der Waals surface area contributed by atoms with Crippen molar-refractivity contribution in [2.75, 3.05) is 6.26 Å². The van der Waals surface area contributed by atoms with Crippen molar-refractivity contribution in [2.45, 2.75) is 31.0 Å². The molecule has 0 amide bonds. The lowest BCUT2D eigenvalue weighted by molar-refractivity contribution is -0.137. The second-order valence-corrected chi connectivity index (χ2v) is 6.16. The van der Waals surface area contributed by atoms with Crippen molar-refractivity contribution in [1.82, 2.24) is 4.98 Å². The summed E-state index contributed by atoms with van der Waals surface area (Å²) in [4.78, 5) is 3.90. The van der Waals surface area contributed by atoms with Crippen LogP contribution >= 0.6 is 0 Å². The van der Waals surface area contributed by atoms with E-state index in [1.54, 1.807) is 0 Å². The van der Waals surface area contributed by atoms with Crippen LogP contribution < -0.4 is 0 Å². The lowest BCUT2D eigenvalue weighted by Crippen LogP contribution is -2.32. The molecule has 0 aliphatic heterocycles. The zero-order chi connectivity index (χ0) is 14.3. The molecule has 2 rings (SSSR count). The molecule has 0 atom stereocenters. The minimum absolute atomic E-state index is 0.186. The van der Waals surface area contributed by atoms with Crippen LogP contribution in [0, 0.1) is 0 Å². The molecule has 0 spiro atoms. The third kappa shape index (κ3) is 3.66. The van der Waals surface area contributed by atoms with Crippen LogP contribution in [0.1, 0.15) is 30.0 Å². The number of aromatic nitrogens is 1. The van der Waals surface area contributed by atoms with Gasteiger partial charge in [-0.25, -0.2) is 0 Å². The number of nitrogens with zero attached hydrogens (tertiary/aromatic N) is 1. The van der Waals surface area contributed by atoms with Gasteiger partial charge in [-0.3, -0.25) is 9.17 Å². The van der Waals surface area contributed by atoms with E-state index in [2.05, 4.69) is 4.98 Å². The normalized spacial score (nSPS) is 24.0. The molecule has 1 fully saturated rings. The number of alkyl halides is 3. The highest BCUT2D eigenvalue weighted by atomic mass is 32.2. The molecule has 1 aliphatic rings. The molecule has 19 heavy (non-hydrogen) atoms. The standard InChI is InChI=1S/C11H12F3NO3S/c1-19(16,17)18-9-4-7(5-9)10-6-8(2-3-15-10)11(12,13)14/h2-3,6-7,9H,4-5H2,1H3/t7-,9+. The first-order valence-electron chi connectivity index (χ1n) is 5.56. The average molecular weight is 295 g/mol. The molecule has 1 aliphatic carbocycles. The van der Waals surface area contributed by atoms with E-state index in [4.69, 9.17) is 4.18 Å². The Hall–Kier alpha value is -1.15. The summed E-state index contributed by atoms with van der Waals surface area (Å²) in [5.41, 5.74) is -0.423. The Morgan fingerprint density at radius 1 is 1.37 bits per heavy atom. The highest BCUT2D eigenvalue weighted by Gasteiger charge is 2.36. The maximum Gasteiger partial charge on any atom is 0.416 e. The summed E-state index contributed by atoms with van der Waals surface area (Å²) in [6.45, 7) is 0. The molecule has 8 heteroatoms. The van der Waals surface area contributed by atoms with E-state index in [1.165, 1.54) is 0 Å². The Morgan fingerprint density at radius 2 is 2.00 bits per heavy atom. The maximum absolute atomic E-state index is 12.5. The topological polar surface area (TPSA) is 56.3 Å². The molecule has 106 valence electrons. The van der Waals surface area contributed by atoms with Gasteiger partial charge in [0.05, 0.1) is 17.9 Å². The van der Waals surface area contributed by atoms with Gasteiger partial charge in [-0.2, -0.15) is 21.6 Å². The Bertz CT molecular complexity index is 565. The van der Waals surface area contributed by atoms with Crippen LogP contribution in [0.5, 0.6) is 0 Å². The second kappa shape index (κ2) is 4.75. The molecule has 0 unspecified atom stereocenters. The fourth-order valence-electron chi connectivity index (χ4n) is 1.98. The fourth-order valence-corrected chi connectivity index (χ4v) is 2.63. The second-order valence-electron chi connectivity index (χ2n) is 4.56. The molecule has 1 aromatic rings. The first-order chi connectivity index (χ1) is 8.65. The van der Waals surface area contributed by atoms with Gasteiger partial charge in [0.1, 0.15) is 0 Å². The van der Waals surface area contributed by atoms with Gasteiger partial charge < -0.3 is 0 Å². The SMILES string of the molecule is CS(=O)(=O)O[C@H]1C[C@@H](c2cc(C(F)(F)F)ccn2)C1. The number of halogens is 3. The van der Waals surface area contributed by atoms with Crippen LogP contribution in [0.2, 0.25) is 0 Å². The summed E-state index contributed by atoms with van der Waals surface area (Å²) >= 11 is 0. The number of hydrogen-bond acceptors (Lipinski definition) is 4. The molecule has 0 N–H and O–H groups in total. The van der Waals surface area contributed by atoms with Crippen molar-refractivity contribution in [2.24, 2.45) is 0 Å². The highest BCUT2D eigenvalue weighted by molar-refractivity contribution is 7.86.